The molecule has 0 aliphatic carbocycles. The van der Waals surface area contributed by atoms with Crippen LogP contribution in [0.1, 0.15) is 19.4 Å². The van der Waals surface area contributed by atoms with Crippen molar-refractivity contribution in [3.05, 3.63) is 59.1 Å². The summed E-state index contributed by atoms with van der Waals surface area (Å²) in [4.78, 5) is 23.8. The van der Waals surface area contributed by atoms with Crippen molar-refractivity contribution in [3.8, 4) is 11.5 Å². The van der Waals surface area contributed by atoms with Crippen molar-refractivity contribution < 1.29 is 23.8 Å². The van der Waals surface area contributed by atoms with Crippen LogP contribution in [0, 0.1) is 0 Å². The summed E-state index contributed by atoms with van der Waals surface area (Å²) in [5.41, 5.74) is 1.27. The first kappa shape index (κ1) is 21.3. The Morgan fingerprint density at radius 1 is 1.04 bits per heavy atom. The van der Waals surface area contributed by atoms with Crippen LogP contribution in [0.25, 0.3) is 6.08 Å². The zero-order valence-corrected chi connectivity index (χ0v) is 16.5. The van der Waals surface area contributed by atoms with E-state index in [4.69, 9.17) is 25.8 Å². The third-order valence-corrected chi connectivity index (χ3v) is 3.67. The molecule has 0 spiro atoms. The van der Waals surface area contributed by atoms with E-state index in [1.54, 1.807) is 48.5 Å². The summed E-state index contributed by atoms with van der Waals surface area (Å²) in [6, 6.07) is 12.1. The van der Waals surface area contributed by atoms with Gasteiger partial charge in [-0.2, -0.15) is 0 Å². The lowest BCUT2D eigenvalue weighted by Gasteiger charge is -2.13. The van der Waals surface area contributed by atoms with Gasteiger partial charge in [0.1, 0.15) is 0 Å². The Kier molecular flexibility index (Phi) is 8.37. The molecule has 6 nitrogen and oxygen atoms in total. The van der Waals surface area contributed by atoms with Crippen LogP contribution in [0.15, 0.2) is 48.5 Å². The summed E-state index contributed by atoms with van der Waals surface area (Å²) in [5, 5.41) is 3.22. The zero-order valence-electron chi connectivity index (χ0n) is 15.7. The van der Waals surface area contributed by atoms with Gasteiger partial charge in [0, 0.05) is 22.9 Å². The lowest BCUT2D eigenvalue weighted by atomic mass is 10.2. The number of rotatable bonds is 9. The lowest BCUT2D eigenvalue weighted by molar-refractivity contribution is -0.142. The average molecular weight is 404 g/mol. The molecule has 0 bridgehead atoms. The van der Waals surface area contributed by atoms with Gasteiger partial charge in [-0.25, -0.2) is 4.79 Å². The molecule has 1 N–H and O–H groups in total. The molecule has 0 unspecified atom stereocenters. The number of nitrogens with one attached hydrogen (secondary N) is 1. The van der Waals surface area contributed by atoms with Gasteiger partial charge in [0.05, 0.1) is 13.2 Å². The second-order valence-electron chi connectivity index (χ2n) is 5.57. The second kappa shape index (κ2) is 11.0. The van der Waals surface area contributed by atoms with Gasteiger partial charge in [0.25, 0.3) is 5.91 Å². The molecule has 0 aromatic heterocycles. The predicted molar refractivity (Wildman–Crippen MR) is 109 cm³/mol. The molecule has 0 fully saturated rings. The molecule has 0 saturated heterocycles. The van der Waals surface area contributed by atoms with Crippen molar-refractivity contribution in [1.82, 2.24) is 0 Å². The Morgan fingerprint density at radius 3 is 2.50 bits per heavy atom. The van der Waals surface area contributed by atoms with E-state index < -0.39 is 18.5 Å². The van der Waals surface area contributed by atoms with Crippen LogP contribution in [-0.4, -0.2) is 31.7 Å². The molecule has 2 aromatic rings. The van der Waals surface area contributed by atoms with E-state index in [2.05, 4.69) is 5.32 Å². The van der Waals surface area contributed by atoms with Crippen molar-refractivity contribution in [3.63, 3.8) is 0 Å². The first-order chi connectivity index (χ1) is 13.5. The third-order valence-electron chi connectivity index (χ3n) is 3.43. The van der Waals surface area contributed by atoms with E-state index in [1.807, 2.05) is 13.8 Å². The van der Waals surface area contributed by atoms with E-state index in [0.717, 1.165) is 5.56 Å². The van der Waals surface area contributed by atoms with Gasteiger partial charge in [-0.1, -0.05) is 23.7 Å². The molecule has 148 valence electrons. The number of amides is 1. The summed E-state index contributed by atoms with van der Waals surface area (Å²) in [5.74, 6) is 0.0384. The number of esters is 1. The van der Waals surface area contributed by atoms with Crippen LogP contribution in [-0.2, 0) is 14.3 Å². The molecule has 0 radical (unpaired) electrons. The van der Waals surface area contributed by atoms with E-state index >= 15 is 0 Å². The van der Waals surface area contributed by atoms with Crippen LogP contribution in [0.5, 0.6) is 11.5 Å². The molecular formula is C21H22ClNO5. The van der Waals surface area contributed by atoms with Crippen molar-refractivity contribution in [2.24, 2.45) is 0 Å². The standard InChI is InChI=1S/C21H22ClNO5/c1-3-26-18-10-9-17(13-19(18)27-4-2)23-20(24)14-28-21(25)11-8-15-6-5-7-16(22)12-15/h5-13H,3-4,14H2,1-2H3,(H,23,24)/b11-8+. The summed E-state index contributed by atoms with van der Waals surface area (Å²) in [6.07, 6.45) is 2.80. The molecule has 0 heterocycles. The highest BCUT2D eigenvalue weighted by atomic mass is 35.5. The van der Waals surface area contributed by atoms with Gasteiger partial charge in [-0.15, -0.1) is 0 Å². The fourth-order valence-electron chi connectivity index (χ4n) is 2.29. The molecule has 2 rings (SSSR count). The summed E-state index contributed by atoms with van der Waals surface area (Å²) >= 11 is 5.88. The second-order valence-corrected chi connectivity index (χ2v) is 6.01. The van der Waals surface area contributed by atoms with E-state index in [1.165, 1.54) is 6.08 Å². The maximum atomic E-state index is 12.0. The molecule has 1 amide bonds. The first-order valence-corrected chi connectivity index (χ1v) is 9.19. The molecule has 0 aliphatic heterocycles. The molecule has 7 heteroatoms. The minimum atomic E-state index is -0.628. The fourth-order valence-corrected chi connectivity index (χ4v) is 2.48. The largest absolute Gasteiger partial charge is 0.490 e. The maximum Gasteiger partial charge on any atom is 0.331 e. The minimum Gasteiger partial charge on any atom is -0.490 e. The van der Waals surface area contributed by atoms with Gasteiger partial charge in [0.2, 0.25) is 0 Å². The number of halogens is 1. The predicted octanol–water partition coefficient (Wildman–Crippen LogP) is 4.33. The molecule has 0 aliphatic rings. The monoisotopic (exact) mass is 403 g/mol. The van der Waals surface area contributed by atoms with Gasteiger partial charge < -0.3 is 19.5 Å². The number of benzene rings is 2. The van der Waals surface area contributed by atoms with Crippen LogP contribution in [0.2, 0.25) is 5.02 Å². The number of hydrogen-bond acceptors (Lipinski definition) is 5. The number of carbonyl (C=O) groups excluding carboxylic acids is 2. The molecule has 2 aromatic carbocycles. The van der Waals surface area contributed by atoms with Gasteiger partial charge >= 0.3 is 5.97 Å². The quantitative estimate of drug-likeness (QED) is 0.498. The van der Waals surface area contributed by atoms with E-state index in [-0.39, 0.29) is 0 Å². The highest BCUT2D eigenvalue weighted by molar-refractivity contribution is 6.30. The molecular weight excluding hydrogens is 382 g/mol. The minimum absolute atomic E-state index is 0.407. The third kappa shape index (κ3) is 6.96. The number of carbonyl (C=O) groups is 2. The van der Waals surface area contributed by atoms with Crippen LogP contribution >= 0.6 is 11.6 Å². The number of anilines is 1. The average Bonchev–Trinajstić information content (AvgIpc) is 2.67. The topological polar surface area (TPSA) is 73.9 Å². The molecule has 28 heavy (non-hydrogen) atoms. The van der Waals surface area contributed by atoms with Gasteiger partial charge in [0.15, 0.2) is 18.1 Å². The van der Waals surface area contributed by atoms with Crippen molar-refractivity contribution in [2.45, 2.75) is 13.8 Å². The Labute approximate surface area is 169 Å². The Morgan fingerprint density at radius 2 is 1.79 bits per heavy atom. The lowest BCUT2D eigenvalue weighted by Crippen LogP contribution is -2.20. The number of hydrogen-bond donors (Lipinski definition) is 1. The highest BCUT2D eigenvalue weighted by Crippen LogP contribution is 2.30. The Balaban J connectivity index is 1.87. The molecule has 0 atom stereocenters. The van der Waals surface area contributed by atoms with E-state index in [9.17, 15) is 9.59 Å². The normalized spacial score (nSPS) is 10.5. The summed E-state index contributed by atoms with van der Waals surface area (Å²) in [6.45, 7) is 4.30. The van der Waals surface area contributed by atoms with Crippen LogP contribution < -0.4 is 14.8 Å². The summed E-state index contributed by atoms with van der Waals surface area (Å²) < 4.78 is 15.9. The summed E-state index contributed by atoms with van der Waals surface area (Å²) in [7, 11) is 0. The van der Waals surface area contributed by atoms with Crippen LogP contribution in [0.3, 0.4) is 0 Å². The van der Waals surface area contributed by atoms with Gasteiger partial charge in [-0.05, 0) is 49.8 Å². The fraction of sp³-hybridized carbons (Fsp3) is 0.238. The van der Waals surface area contributed by atoms with Crippen molar-refractivity contribution >= 4 is 35.2 Å². The van der Waals surface area contributed by atoms with Crippen molar-refractivity contribution in [1.29, 1.82) is 0 Å². The smallest absolute Gasteiger partial charge is 0.331 e. The first-order valence-electron chi connectivity index (χ1n) is 8.81. The van der Waals surface area contributed by atoms with E-state index in [0.29, 0.717) is 35.4 Å². The van der Waals surface area contributed by atoms with Gasteiger partial charge in [-0.3, -0.25) is 4.79 Å². The highest BCUT2D eigenvalue weighted by Gasteiger charge is 2.10. The molecule has 0 saturated carbocycles. The number of ether oxygens (including phenoxy) is 3. The Hall–Kier alpha value is -2.99. The Bertz CT molecular complexity index is 850. The zero-order chi connectivity index (χ0) is 20.4. The van der Waals surface area contributed by atoms with Crippen molar-refractivity contribution in [2.75, 3.05) is 25.1 Å². The van der Waals surface area contributed by atoms with Crippen LogP contribution in [0.4, 0.5) is 5.69 Å². The maximum absolute atomic E-state index is 12.0. The SMILES string of the molecule is CCOc1ccc(NC(=O)COC(=O)/C=C/c2cccc(Cl)c2)cc1OCC.